The Morgan fingerprint density at radius 3 is 2.76 bits per heavy atom. The first-order chi connectivity index (χ1) is 10.2. The standard InChI is InChI=1S/C16H15ClINOS/c17-13-5-3-4-12(10-13)11-21-9-8-19-16(20)14-6-1-2-7-15(14)18/h1-7,10H,8-9,11H2,(H,19,20). The summed E-state index contributed by atoms with van der Waals surface area (Å²) in [6.07, 6.45) is 0. The molecule has 0 fully saturated rings. The van der Waals surface area contributed by atoms with Gasteiger partial charge in [-0.3, -0.25) is 4.79 Å². The van der Waals surface area contributed by atoms with Crippen LogP contribution in [0.4, 0.5) is 0 Å². The highest BCUT2D eigenvalue weighted by atomic mass is 127. The molecule has 0 aliphatic carbocycles. The third-order valence-electron chi connectivity index (χ3n) is 2.81. The van der Waals surface area contributed by atoms with Gasteiger partial charge in [0.15, 0.2) is 0 Å². The second kappa shape index (κ2) is 8.66. The van der Waals surface area contributed by atoms with Crippen LogP contribution in [0.5, 0.6) is 0 Å². The van der Waals surface area contributed by atoms with Crippen molar-refractivity contribution in [1.82, 2.24) is 5.32 Å². The lowest BCUT2D eigenvalue weighted by Gasteiger charge is -2.07. The zero-order valence-corrected chi connectivity index (χ0v) is 15.0. The first-order valence-electron chi connectivity index (χ1n) is 6.52. The van der Waals surface area contributed by atoms with Crippen LogP contribution < -0.4 is 5.32 Å². The Morgan fingerprint density at radius 1 is 1.19 bits per heavy atom. The number of thioether (sulfide) groups is 1. The van der Waals surface area contributed by atoms with Crippen LogP contribution in [0.15, 0.2) is 48.5 Å². The fourth-order valence-corrected chi connectivity index (χ4v) is 3.45. The second-order valence-corrected chi connectivity index (χ2v) is 7.12. The van der Waals surface area contributed by atoms with Crippen LogP contribution in [0.25, 0.3) is 0 Å². The molecule has 0 radical (unpaired) electrons. The molecule has 2 rings (SSSR count). The van der Waals surface area contributed by atoms with Crippen LogP contribution in [0, 0.1) is 3.57 Å². The first-order valence-corrected chi connectivity index (χ1v) is 9.13. The zero-order valence-electron chi connectivity index (χ0n) is 11.3. The topological polar surface area (TPSA) is 29.1 Å². The maximum atomic E-state index is 12.0. The molecule has 2 aromatic rings. The van der Waals surface area contributed by atoms with Crippen molar-refractivity contribution in [2.24, 2.45) is 0 Å². The van der Waals surface area contributed by atoms with Crippen molar-refractivity contribution in [3.63, 3.8) is 0 Å². The number of carbonyl (C=O) groups is 1. The summed E-state index contributed by atoms with van der Waals surface area (Å²) < 4.78 is 0.971. The molecule has 0 heterocycles. The van der Waals surface area contributed by atoms with Gasteiger partial charge in [0.05, 0.1) is 5.56 Å². The smallest absolute Gasteiger partial charge is 0.252 e. The molecule has 2 nitrogen and oxygen atoms in total. The molecule has 0 aliphatic heterocycles. The van der Waals surface area contributed by atoms with E-state index in [1.807, 2.05) is 42.5 Å². The van der Waals surface area contributed by atoms with E-state index in [2.05, 4.69) is 34.0 Å². The maximum absolute atomic E-state index is 12.0. The summed E-state index contributed by atoms with van der Waals surface area (Å²) in [5.74, 6) is 1.77. The van der Waals surface area contributed by atoms with E-state index < -0.39 is 0 Å². The number of halogens is 2. The summed E-state index contributed by atoms with van der Waals surface area (Å²) in [4.78, 5) is 12.0. The Balaban J connectivity index is 1.70. The van der Waals surface area contributed by atoms with E-state index in [-0.39, 0.29) is 5.91 Å². The van der Waals surface area contributed by atoms with Crippen molar-refractivity contribution in [3.05, 3.63) is 68.3 Å². The average molecular weight is 432 g/mol. The van der Waals surface area contributed by atoms with Crippen molar-refractivity contribution in [2.75, 3.05) is 12.3 Å². The van der Waals surface area contributed by atoms with E-state index in [4.69, 9.17) is 11.6 Å². The Labute approximate surface area is 147 Å². The third kappa shape index (κ3) is 5.52. The molecule has 5 heteroatoms. The number of carbonyl (C=O) groups excluding carboxylic acids is 1. The molecule has 0 spiro atoms. The molecule has 0 saturated carbocycles. The van der Waals surface area contributed by atoms with E-state index in [1.165, 1.54) is 5.56 Å². The highest BCUT2D eigenvalue weighted by molar-refractivity contribution is 14.1. The molecule has 0 aromatic heterocycles. The molecular formula is C16H15ClINOS. The summed E-state index contributed by atoms with van der Waals surface area (Å²) in [6.45, 7) is 0.662. The monoisotopic (exact) mass is 431 g/mol. The molecule has 0 unspecified atom stereocenters. The molecule has 0 saturated heterocycles. The van der Waals surface area contributed by atoms with Gasteiger partial charge < -0.3 is 5.32 Å². The summed E-state index contributed by atoms with van der Waals surface area (Å²) in [5, 5.41) is 3.71. The van der Waals surface area contributed by atoms with Crippen molar-refractivity contribution >= 4 is 51.9 Å². The second-order valence-electron chi connectivity index (χ2n) is 4.42. The van der Waals surface area contributed by atoms with E-state index in [9.17, 15) is 4.79 Å². The van der Waals surface area contributed by atoms with E-state index >= 15 is 0 Å². The number of amides is 1. The number of hydrogen-bond acceptors (Lipinski definition) is 2. The first kappa shape index (κ1) is 16.6. The fraction of sp³-hybridized carbons (Fsp3) is 0.188. The molecule has 110 valence electrons. The fourth-order valence-electron chi connectivity index (χ4n) is 1.79. The van der Waals surface area contributed by atoms with Gasteiger partial charge in [-0.15, -0.1) is 0 Å². The van der Waals surface area contributed by atoms with Gasteiger partial charge in [0.25, 0.3) is 5.91 Å². The number of benzene rings is 2. The molecule has 1 N–H and O–H groups in total. The van der Waals surface area contributed by atoms with Crippen LogP contribution in [-0.2, 0) is 5.75 Å². The van der Waals surface area contributed by atoms with E-state index in [1.54, 1.807) is 11.8 Å². The van der Waals surface area contributed by atoms with Crippen molar-refractivity contribution < 1.29 is 4.79 Å². The molecule has 0 atom stereocenters. The van der Waals surface area contributed by atoms with E-state index in [0.717, 1.165) is 25.7 Å². The molecular weight excluding hydrogens is 417 g/mol. The highest BCUT2D eigenvalue weighted by Gasteiger charge is 2.07. The number of hydrogen-bond donors (Lipinski definition) is 1. The summed E-state index contributed by atoms with van der Waals surface area (Å²) in [7, 11) is 0. The normalized spacial score (nSPS) is 10.4. The van der Waals surface area contributed by atoms with Gasteiger partial charge in [-0.05, 0) is 52.4 Å². The summed E-state index contributed by atoms with van der Waals surface area (Å²) in [5.41, 5.74) is 1.94. The van der Waals surface area contributed by atoms with Gasteiger partial charge in [-0.2, -0.15) is 11.8 Å². The quantitative estimate of drug-likeness (QED) is 0.535. The minimum absolute atomic E-state index is 0.0108. The van der Waals surface area contributed by atoms with Crippen LogP contribution in [0.3, 0.4) is 0 Å². The SMILES string of the molecule is O=C(NCCSCc1cccc(Cl)c1)c1ccccc1I. The Hall–Kier alpha value is -0.720. The Morgan fingerprint density at radius 2 is 2.00 bits per heavy atom. The minimum Gasteiger partial charge on any atom is -0.351 e. The van der Waals surface area contributed by atoms with Crippen LogP contribution >= 0.6 is 46.0 Å². The zero-order chi connectivity index (χ0) is 15.1. The molecule has 0 aliphatic rings. The van der Waals surface area contributed by atoms with Gasteiger partial charge in [0.2, 0.25) is 0 Å². The summed E-state index contributed by atoms with van der Waals surface area (Å²) in [6, 6.07) is 15.4. The van der Waals surface area contributed by atoms with Gasteiger partial charge in [0.1, 0.15) is 0 Å². The van der Waals surface area contributed by atoms with E-state index in [0.29, 0.717) is 6.54 Å². The van der Waals surface area contributed by atoms with Crippen LogP contribution in [-0.4, -0.2) is 18.2 Å². The Bertz CT molecular complexity index is 621. The number of rotatable bonds is 6. The lowest BCUT2D eigenvalue weighted by atomic mass is 10.2. The maximum Gasteiger partial charge on any atom is 0.252 e. The molecule has 2 aromatic carbocycles. The van der Waals surface area contributed by atoms with Gasteiger partial charge in [-0.1, -0.05) is 35.9 Å². The van der Waals surface area contributed by atoms with Gasteiger partial charge in [-0.25, -0.2) is 0 Å². The lowest BCUT2D eigenvalue weighted by Crippen LogP contribution is -2.26. The summed E-state index contributed by atoms with van der Waals surface area (Å²) >= 11 is 9.90. The predicted molar refractivity (Wildman–Crippen MR) is 99.1 cm³/mol. The lowest BCUT2D eigenvalue weighted by molar-refractivity contribution is 0.0955. The predicted octanol–water partition coefficient (Wildman–Crippen LogP) is 4.61. The van der Waals surface area contributed by atoms with Crippen molar-refractivity contribution in [2.45, 2.75) is 5.75 Å². The Kier molecular flexibility index (Phi) is 6.86. The van der Waals surface area contributed by atoms with Crippen LogP contribution in [0.2, 0.25) is 5.02 Å². The molecule has 1 amide bonds. The van der Waals surface area contributed by atoms with Gasteiger partial charge >= 0.3 is 0 Å². The number of nitrogens with one attached hydrogen (secondary N) is 1. The van der Waals surface area contributed by atoms with Crippen molar-refractivity contribution in [1.29, 1.82) is 0 Å². The largest absolute Gasteiger partial charge is 0.351 e. The molecule has 21 heavy (non-hydrogen) atoms. The minimum atomic E-state index is -0.0108. The van der Waals surface area contributed by atoms with Gasteiger partial charge in [0, 0.05) is 26.6 Å². The van der Waals surface area contributed by atoms with Crippen LogP contribution in [0.1, 0.15) is 15.9 Å². The third-order valence-corrected chi connectivity index (χ3v) is 5.01. The highest BCUT2D eigenvalue weighted by Crippen LogP contribution is 2.16. The average Bonchev–Trinajstić information content (AvgIpc) is 2.47. The van der Waals surface area contributed by atoms with Crippen molar-refractivity contribution in [3.8, 4) is 0 Å². The molecule has 0 bridgehead atoms.